The van der Waals surface area contributed by atoms with E-state index in [1.807, 2.05) is 0 Å². The second kappa shape index (κ2) is 4.11. The molecule has 2 aromatic rings. The molecule has 0 aliphatic heterocycles. The summed E-state index contributed by atoms with van der Waals surface area (Å²) in [5, 5.41) is 4.41. The molecular formula is C10H8N2O4. The number of benzene rings is 1. The zero-order chi connectivity index (χ0) is 11.5. The van der Waals surface area contributed by atoms with Gasteiger partial charge in [-0.1, -0.05) is 18.2 Å². The number of rotatable bonds is 2. The van der Waals surface area contributed by atoms with Crippen LogP contribution in [0.4, 0.5) is 4.79 Å². The van der Waals surface area contributed by atoms with Crippen LogP contribution in [0.3, 0.4) is 0 Å². The van der Waals surface area contributed by atoms with Crippen molar-refractivity contribution in [1.29, 1.82) is 0 Å². The van der Waals surface area contributed by atoms with Crippen molar-refractivity contribution in [3.63, 3.8) is 0 Å². The molecule has 6 nitrogen and oxygen atoms in total. The lowest BCUT2D eigenvalue weighted by atomic mass is 10.2. The van der Waals surface area contributed by atoms with Gasteiger partial charge in [-0.25, -0.2) is 4.79 Å². The quantitative estimate of drug-likeness (QED) is 0.434. The minimum Gasteiger partial charge on any atom is -0.296 e. The Balaban J connectivity index is 2.61. The van der Waals surface area contributed by atoms with Crippen molar-refractivity contribution in [2.24, 2.45) is 0 Å². The fourth-order valence-corrected chi connectivity index (χ4v) is 1.42. The highest BCUT2D eigenvalue weighted by atomic mass is 17.2. The molecule has 0 bridgehead atoms. The standard InChI is InChI=1S/C10H8N2O4/c1-15-16-10(14)12-9-5-3-2-4-7(9)8(6-13)11-12/h2-6H,1H3. The molecule has 16 heavy (non-hydrogen) atoms. The SMILES string of the molecule is COOC(=O)n1nc(C=O)c2ccccc21. The summed E-state index contributed by atoms with van der Waals surface area (Å²) in [5.74, 6) is 0. The van der Waals surface area contributed by atoms with Crippen LogP contribution in [0.15, 0.2) is 24.3 Å². The minimum atomic E-state index is -0.799. The predicted molar refractivity (Wildman–Crippen MR) is 54.0 cm³/mol. The number of hydrogen-bond donors (Lipinski definition) is 0. The Morgan fingerprint density at radius 3 is 2.88 bits per heavy atom. The first-order valence-electron chi connectivity index (χ1n) is 4.46. The summed E-state index contributed by atoms with van der Waals surface area (Å²) in [5.41, 5.74) is 0.676. The lowest BCUT2D eigenvalue weighted by molar-refractivity contribution is -0.213. The fourth-order valence-electron chi connectivity index (χ4n) is 1.42. The van der Waals surface area contributed by atoms with Gasteiger partial charge in [-0.15, -0.1) is 0 Å². The van der Waals surface area contributed by atoms with Crippen molar-refractivity contribution in [3.05, 3.63) is 30.0 Å². The molecule has 0 aliphatic carbocycles. The van der Waals surface area contributed by atoms with E-state index in [4.69, 9.17) is 0 Å². The third-order valence-electron chi connectivity index (χ3n) is 2.06. The molecule has 0 radical (unpaired) electrons. The summed E-state index contributed by atoms with van der Waals surface area (Å²) in [6.45, 7) is 0. The number of aromatic nitrogens is 2. The first kappa shape index (κ1) is 10.3. The number of aldehydes is 1. The van der Waals surface area contributed by atoms with Crippen molar-refractivity contribution in [3.8, 4) is 0 Å². The van der Waals surface area contributed by atoms with Crippen LogP contribution in [0.5, 0.6) is 0 Å². The largest absolute Gasteiger partial charge is 0.466 e. The Labute approximate surface area is 90.3 Å². The van der Waals surface area contributed by atoms with Gasteiger partial charge >= 0.3 is 6.09 Å². The van der Waals surface area contributed by atoms with Crippen LogP contribution in [0.25, 0.3) is 10.9 Å². The van der Waals surface area contributed by atoms with E-state index in [0.29, 0.717) is 17.2 Å². The summed E-state index contributed by atoms with van der Waals surface area (Å²) in [7, 11) is 1.21. The number of nitrogens with zero attached hydrogens (tertiary/aromatic N) is 2. The molecule has 6 heteroatoms. The van der Waals surface area contributed by atoms with Gasteiger partial charge in [0.1, 0.15) is 5.69 Å². The summed E-state index contributed by atoms with van der Waals surface area (Å²) < 4.78 is 0.975. The molecule has 2 rings (SSSR count). The molecule has 0 saturated carbocycles. The van der Waals surface area contributed by atoms with E-state index in [1.165, 1.54) is 7.11 Å². The zero-order valence-corrected chi connectivity index (χ0v) is 8.41. The molecular weight excluding hydrogens is 212 g/mol. The van der Waals surface area contributed by atoms with Gasteiger partial charge in [-0.2, -0.15) is 14.7 Å². The van der Waals surface area contributed by atoms with Gasteiger partial charge in [0, 0.05) is 5.39 Å². The number of fused-ring (bicyclic) bond motifs is 1. The highest BCUT2D eigenvalue weighted by molar-refractivity contribution is 5.98. The van der Waals surface area contributed by atoms with Crippen molar-refractivity contribution < 1.29 is 19.4 Å². The molecule has 1 aromatic carbocycles. The summed E-state index contributed by atoms with van der Waals surface area (Å²) in [6, 6.07) is 6.84. The van der Waals surface area contributed by atoms with Crippen molar-refractivity contribution in [2.75, 3.05) is 7.11 Å². The van der Waals surface area contributed by atoms with E-state index in [-0.39, 0.29) is 5.69 Å². The Bertz CT molecular complexity index is 547. The van der Waals surface area contributed by atoms with Crippen molar-refractivity contribution >= 4 is 23.3 Å². The van der Waals surface area contributed by atoms with Gasteiger partial charge in [-0.3, -0.25) is 9.68 Å². The molecule has 1 heterocycles. The molecule has 82 valence electrons. The lowest BCUT2D eigenvalue weighted by Gasteiger charge is -1.99. The monoisotopic (exact) mass is 220 g/mol. The van der Waals surface area contributed by atoms with Gasteiger partial charge in [-0.05, 0) is 6.07 Å². The molecule has 0 fully saturated rings. The van der Waals surface area contributed by atoms with E-state index in [0.717, 1.165) is 4.68 Å². The smallest absolute Gasteiger partial charge is 0.296 e. The molecule has 0 atom stereocenters. The predicted octanol–water partition coefficient (Wildman–Crippen LogP) is 1.39. The maximum atomic E-state index is 11.4. The second-order valence-electron chi connectivity index (χ2n) is 2.95. The van der Waals surface area contributed by atoms with Crippen molar-refractivity contribution in [2.45, 2.75) is 0 Å². The van der Waals surface area contributed by atoms with Crippen LogP contribution in [-0.2, 0) is 9.78 Å². The Morgan fingerprint density at radius 1 is 1.44 bits per heavy atom. The maximum Gasteiger partial charge on any atom is 0.466 e. The number of carbonyl (C=O) groups excluding carboxylic acids is 2. The first-order chi connectivity index (χ1) is 7.77. The van der Waals surface area contributed by atoms with E-state index >= 15 is 0 Å². The fraction of sp³-hybridized carbons (Fsp3) is 0.100. The molecule has 0 N–H and O–H groups in total. The molecule has 0 saturated heterocycles. The Morgan fingerprint density at radius 2 is 2.19 bits per heavy atom. The number of hydrogen-bond acceptors (Lipinski definition) is 5. The summed E-state index contributed by atoms with van der Waals surface area (Å²) >= 11 is 0. The molecule has 0 aliphatic rings. The van der Waals surface area contributed by atoms with Crippen LogP contribution < -0.4 is 0 Å². The zero-order valence-electron chi connectivity index (χ0n) is 8.41. The number of carbonyl (C=O) groups is 2. The van der Waals surface area contributed by atoms with Crippen molar-refractivity contribution in [1.82, 2.24) is 9.78 Å². The molecule has 0 spiro atoms. The summed E-state index contributed by atoms with van der Waals surface area (Å²) in [4.78, 5) is 30.8. The van der Waals surface area contributed by atoms with Gasteiger partial charge in [0.05, 0.1) is 12.6 Å². The second-order valence-corrected chi connectivity index (χ2v) is 2.95. The van der Waals surface area contributed by atoms with E-state index in [1.54, 1.807) is 24.3 Å². The molecule has 1 aromatic heterocycles. The Kier molecular flexibility index (Phi) is 2.65. The molecule has 0 amide bonds. The van der Waals surface area contributed by atoms with Gasteiger partial charge in [0.25, 0.3) is 0 Å². The van der Waals surface area contributed by atoms with Crippen LogP contribution in [0, 0.1) is 0 Å². The van der Waals surface area contributed by atoms with E-state index < -0.39 is 6.09 Å². The number of para-hydroxylation sites is 1. The minimum absolute atomic E-state index is 0.184. The first-order valence-corrected chi connectivity index (χ1v) is 4.46. The van der Waals surface area contributed by atoms with Crippen LogP contribution in [0.1, 0.15) is 10.5 Å². The van der Waals surface area contributed by atoms with Gasteiger partial charge < -0.3 is 0 Å². The van der Waals surface area contributed by atoms with Crippen LogP contribution in [0.2, 0.25) is 0 Å². The highest BCUT2D eigenvalue weighted by Crippen LogP contribution is 2.17. The average molecular weight is 220 g/mol. The topological polar surface area (TPSA) is 70.4 Å². The third kappa shape index (κ3) is 1.55. The average Bonchev–Trinajstić information content (AvgIpc) is 2.68. The highest BCUT2D eigenvalue weighted by Gasteiger charge is 2.16. The van der Waals surface area contributed by atoms with E-state index in [2.05, 4.69) is 14.9 Å². The Hall–Kier alpha value is -2.21. The van der Waals surface area contributed by atoms with Gasteiger partial charge in [0.2, 0.25) is 0 Å². The van der Waals surface area contributed by atoms with E-state index in [9.17, 15) is 9.59 Å². The molecule has 0 unspecified atom stereocenters. The van der Waals surface area contributed by atoms with Gasteiger partial charge in [0.15, 0.2) is 6.29 Å². The normalized spacial score (nSPS) is 10.3. The maximum absolute atomic E-state index is 11.4. The third-order valence-corrected chi connectivity index (χ3v) is 2.06. The van der Waals surface area contributed by atoms with Crippen LogP contribution >= 0.6 is 0 Å². The lowest BCUT2D eigenvalue weighted by Crippen LogP contribution is -2.14. The summed E-state index contributed by atoms with van der Waals surface area (Å²) in [6.07, 6.45) is -0.217. The van der Waals surface area contributed by atoms with Crippen LogP contribution in [-0.4, -0.2) is 29.3 Å².